The number of thiocarbonyl (C=S) groups is 1. The second kappa shape index (κ2) is 2.93. The fourth-order valence-corrected chi connectivity index (χ4v) is 0.144. The van der Waals surface area contributed by atoms with Gasteiger partial charge in [-0.2, -0.15) is 0 Å². The molecule has 0 aliphatic heterocycles. The summed E-state index contributed by atoms with van der Waals surface area (Å²) >= 11 is 4.34. The molecular weight excluding hydrogens is 96.1 g/mol. The van der Waals surface area contributed by atoms with Crippen molar-refractivity contribution < 1.29 is 0 Å². The molecule has 3 N–H and O–H groups in total. The van der Waals surface area contributed by atoms with Crippen LogP contribution in [0.3, 0.4) is 0 Å². The van der Waals surface area contributed by atoms with Crippen molar-refractivity contribution in [2.24, 2.45) is 5.73 Å². The first-order chi connectivity index (χ1) is 2.81. The van der Waals surface area contributed by atoms with Crippen LogP contribution in [0.1, 0.15) is 0 Å². The predicted molar refractivity (Wildman–Crippen MR) is 30.4 cm³/mol. The third-order valence-corrected chi connectivity index (χ3v) is 0.647. The lowest BCUT2D eigenvalue weighted by atomic mass is 10.4. The van der Waals surface area contributed by atoms with Gasteiger partial charge in [-0.05, 0) is 0 Å². The van der Waals surface area contributed by atoms with Gasteiger partial charge in [0.2, 0.25) is 0 Å². The maximum absolute atomic E-state index is 6.70. The lowest BCUT2D eigenvalue weighted by Gasteiger charge is -1.80. The number of hydrogen-bond acceptors (Lipinski definition) is 3. The van der Waals surface area contributed by atoms with Gasteiger partial charge in [-0.15, -0.1) is 0 Å². The van der Waals surface area contributed by atoms with Crippen molar-refractivity contribution in [3.8, 4) is 0 Å². The SMILES string of the molecule is N=C(C=S)CN. The Labute approximate surface area is 41.9 Å². The largest absolute Gasteiger partial charge is 0.325 e. The van der Waals surface area contributed by atoms with Crippen LogP contribution in [-0.2, 0) is 0 Å². The van der Waals surface area contributed by atoms with Crippen LogP contribution in [0.2, 0.25) is 0 Å². The van der Waals surface area contributed by atoms with E-state index < -0.39 is 0 Å². The molecule has 0 atom stereocenters. The quantitative estimate of drug-likeness (QED) is 0.380. The molecule has 0 amide bonds. The van der Waals surface area contributed by atoms with Gasteiger partial charge in [0.15, 0.2) is 0 Å². The van der Waals surface area contributed by atoms with Crippen molar-refractivity contribution in [3.63, 3.8) is 0 Å². The second-order valence-electron chi connectivity index (χ2n) is 0.847. The smallest absolute Gasteiger partial charge is 0.0556 e. The molecule has 0 fully saturated rings. The third kappa shape index (κ3) is 1.99. The number of nitrogens with one attached hydrogen (secondary N) is 1. The van der Waals surface area contributed by atoms with Gasteiger partial charge < -0.3 is 11.1 Å². The van der Waals surface area contributed by atoms with Gasteiger partial charge in [-0.1, -0.05) is 12.2 Å². The molecule has 0 aromatic rings. The lowest BCUT2D eigenvalue weighted by molar-refractivity contribution is 1.30. The molecule has 6 heavy (non-hydrogen) atoms. The number of rotatable bonds is 2. The molecule has 34 valence electrons. The van der Waals surface area contributed by atoms with Crippen molar-refractivity contribution in [1.82, 2.24) is 0 Å². The summed E-state index contributed by atoms with van der Waals surface area (Å²) in [5.74, 6) is 0. The molecule has 0 unspecified atom stereocenters. The number of hydrogen-bond donors (Lipinski definition) is 2. The van der Waals surface area contributed by atoms with Gasteiger partial charge in [-0.25, -0.2) is 0 Å². The molecule has 0 aliphatic rings. The summed E-state index contributed by atoms with van der Waals surface area (Å²) in [6.45, 7) is 0.253. The van der Waals surface area contributed by atoms with Gasteiger partial charge in [0.05, 0.1) is 5.71 Å². The van der Waals surface area contributed by atoms with Crippen LogP contribution in [0.15, 0.2) is 0 Å². The van der Waals surface area contributed by atoms with E-state index >= 15 is 0 Å². The van der Waals surface area contributed by atoms with Crippen LogP contribution in [0.25, 0.3) is 0 Å². The van der Waals surface area contributed by atoms with Crippen molar-refractivity contribution in [3.05, 3.63) is 0 Å². The fraction of sp³-hybridized carbons (Fsp3) is 0.333. The summed E-state index contributed by atoms with van der Waals surface area (Å²) in [6.07, 6.45) is 0. The minimum absolute atomic E-state index is 0.253. The molecule has 0 bridgehead atoms. The zero-order chi connectivity index (χ0) is 4.99. The van der Waals surface area contributed by atoms with E-state index in [9.17, 15) is 0 Å². The van der Waals surface area contributed by atoms with E-state index in [-0.39, 0.29) is 6.54 Å². The van der Waals surface area contributed by atoms with Crippen LogP contribution in [-0.4, -0.2) is 17.6 Å². The minimum atomic E-state index is 0.253. The Kier molecular flexibility index (Phi) is 2.80. The maximum Gasteiger partial charge on any atom is 0.0556 e. The van der Waals surface area contributed by atoms with E-state index in [1.54, 1.807) is 0 Å². The molecule has 0 aromatic carbocycles. The Morgan fingerprint density at radius 3 is 2.50 bits per heavy atom. The van der Waals surface area contributed by atoms with Gasteiger partial charge in [0.25, 0.3) is 0 Å². The molecule has 0 heterocycles. The zero-order valence-corrected chi connectivity index (χ0v) is 4.09. The van der Waals surface area contributed by atoms with E-state index in [1.807, 2.05) is 0 Å². The highest BCUT2D eigenvalue weighted by atomic mass is 32.1. The first kappa shape index (κ1) is 5.72. The molecule has 0 spiro atoms. The molecule has 0 aliphatic carbocycles. The van der Waals surface area contributed by atoms with Gasteiger partial charge in [-0.3, -0.25) is 0 Å². The maximum atomic E-state index is 6.70. The average Bonchev–Trinajstić information content (AvgIpc) is 1.65. The van der Waals surface area contributed by atoms with Crippen molar-refractivity contribution >= 4 is 23.3 Å². The summed E-state index contributed by atoms with van der Waals surface area (Å²) in [7, 11) is 0. The Morgan fingerprint density at radius 2 is 2.50 bits per heavy atom. The van der Waals surface area contributed by atoms with E-state index in [0.29, 0.717) is 5.71 Å². The van der Waals surface area contributed by atoms with Crippen LogP contribution in [0, 0.1) is 5.41 Å². The van der Waals surface area contributed by atoms with Crippen LogP contribution in [0.5, 0.6) is 0 Å². The van der Waals surface area contributed by atoms with Crippen molar-refractivity contribution in [1.29, 1.82) is 5.41 Å². The van der Waals surface area contributed by atoms with Crippen LogP contribution >= 0.6 is 12.2 Å². The highest BCUT2D eigenvalue weighted by Crippen LogP contribution is 1.56. The summed E-state index contributed by atoms with van der Waals surface area (Å²) in [5.41, 5.74) is 5.27. The number of nitrogens with two attached hydrogens (primary N) is 1. The van der Waals surface area contributed by atoms with Crippen molar-refractivity contribution in [2.75, 3.05) is 6.54 Å². The molecule has 0 saturated carbocycles. The lowest BCUT2D eigenvalue weighted by Crippen LogP contribution is -2.11. The average molecular weight is 102 g/mol. The predicted octanol–water partition coefficient (Wildman–Crippen LogP) is -0.0354. The van der Waals surface area contributed by atoms with Gasteiger partial charge >= 0.3 is 0 Å². The monoisotopic (exact) mass is 102 g/mol. The normalized spacial score (nSPS) is 7.50. The summed E-state index contributed by atoms with van der Waals surface area (Å²) in [4.78, 5) is 0. The van der Waals surface area contributed by atoms with Crippen LogP contribution < -0.4 is 5.73 Å². The highest BCUT2D eigenvalue weighted by molar-refractivity contribution is 7.80. The van der Waals surface area contributed by atoms with E-state index in [0.717, 1.165) is 0 Å². The molecule has 0 radical (unpaired) electrons. The first-order valence-corrected chi connectivity index (χ1v) is 2.01. The van der Waals surface area contributed by atoms with E-state index in [1.165, 1.54) is 5.37 Å². The zero-order valence-electron chi connectivity index (χ0n) is 3.27. The van der Waals surface area contributed by atoms with E-state index in [4.69, 9.17) is 11.1 Å². The van der Waals surface area contributed by atoms with E-state index in [2.05, 4.69) is 12.2 Å². The Balaban J connectivity index is 3.23. The standard InChI is InChI=1S/C3H6N2S/c4-1-3(5)2-6/h2,5H,1,4H2. The summed E-state index contributed by atoms with van der Waals surface area (Å²) < 4.78 is 0. The molecule has 0 aromatic heterocycles. The van der Waals surface area contributed by atoms with Crippen molar-refractivity contribution in [2.45, 2.75) is 0 Å². The Hall–Kier alpha value is -0.280. The van der Waals surface area contributed by atoms with Gasteiger partial charge in [0, 0.05) is 11.9 Å². The topological polar surface area (TPSA) is 49.9 Å². The third-order valence-electron chi connectivity index (χ3n) is 0.362. The summed E-state index contributed by atoms with van der Waals surface area (Å²) in [6, 6.07) is 0. The molecule has 0 rings (SSSR count). The summed E-state index contributed by atoms with van der Waals surface area (Å²) in [5, 5.41) is 7.97. The Morgan fingerprint density at radius 1 is 2.00 bits per heavy atom. The Bertz CT molecular complexity index is 69.2. The highest BCUT2D eigenvalue weighted by Gasteiger charge is 1.77. The molecule has 3 heteroatoms. The fourth-order valence-electron chi connectivity index (χ4n) is 0.0481. The second-order valence-corrected chi connectivity index (χ2v) is 1.08. The van der Waals surface area contributed by atoms with Crippen LogP contribution in [0.4, 0.5) is 0 Å². The molecule has 2 nitrogen and oxygen atoms in total. The first-order valence-electron chi connectivity index (χ1n) is 1.54. The minimum Gasteiger partial charge on any atom is -0.325 e. The molecular formula is C3H6N2S. The molecule has 0 saturated heterocycles. The van der Waals surface area contributed by atoms with Gasteiger partial charge in [0.1, 0.15) is 0 Å².